The number of hydrogen-bond donors (Lipinski definition) is 1. The summed E-state index contributed by atoms with van der Waals surface area (Å²) < 4.78 is 0. The van der Waals surface area contributed by atoms with Crippen LogP contribution in [-0.2, 0) is 0 Å². The van der Waals surface area contributed by atoms with Crippen LogP contribution in [0.3, 0.4) is 0 Å². The molecule has 3 unspecified atom stereocenters. The molecule has 1 heterocycles. The lowest BCUT2D eigenvalue weighted by molar-refractivity contribution is 0.184. The summed E-state index contributed by atoms with van der Waals surface area (Å²) in [6.07, 6.45) is 8.63. The van der Waals surface area contributed by atoms with Crippen LogP contribution < -0.4 is 5.73 Å². The van der Waals surface area contributed by atoms with Crippen LogP contribution in [0.1, 0.15) is 52.4 Å². The fourth-order valence-electron chi connectivity index (χ4n) is 3.67. The van der Waals surface area contributed by atoms with Crippen molar-refractivity contribution in [1.82, 2.24) is 4.90 Å². The van der Waals surface area contributed by atoms with E-state index in [-0.39, 0.29) is 0 Å². The summed E-state index contributed by atoms with van der Waals surface area (Å²) in [7, 11) is 0. The van der Waals surface area contributed by atoms with Crippen molar-refractivity contribution in [3.8, 4) is 0 Å². The van der Waals surface area contributed by atoms with E-state index in [4.69, 9.17) is 5.73 Å². The van der Waals surface area contributed by atoms with Gasteiger partial charge in [-0.05, 0) is 24.2 Å². The molecule has 1 saturated carbocycles. The topological polar surface area (TPSA) is 29.3 Å². The maximum Gasteiger partial charge on any atom is 0.0221 e. The van der Waals surface area contributed by atoms with Gasteiger partial charge in [-0.15, -0.1) is 0 Å². The zero-order valence-electron chi connectivity index (χ0n) is 11.7. The predicted molar refractivity (Wildman–Crippen MR) is 73.9 cm³/mol. The Balaban J connectivity index is 1.83. The van der Waals surface area contributed by atoms with E-state index in [9.17, 15) is 0 Å². The first-order chi connectivity index (χ1) is 8.20. The average Bonchev–Trinajstić information content (AvgIpc) is 2.68. The molecule has 0 bridgehead atoms. The van der Waals surface area contributed by atoms with Crippen LogP contribution >= 0.6 is 0 Å². The van der Waals surface area contributed by atoms with E-state index in [1.165, 1.54) is 51.6 Å². The van der Waals surface area contributed by atoms with Crippen LogP contribution in [0, 0.1) is 17.8 Å². The number of nitrogens with two attached hydrogens (primary N) is 1. The molecule has 0 aromatic carbocycles. The summed E-state index contributed by atoms with van der Waals surface area (Å²) in [5, 5.41) is 0. The van der Waals surface area contributed by atoms with Crippen molar-refractivity contribution in [2.45, 2.75) is 58.4 Å². The molecule has 1 aliphatic carbocycles. The Hall–Kier alpha value is -0.0800. The van der Waals surface area contributed by atoms with Gasteiger partial charge in [0.1, 0.15) is 0 Å². The van der Waals surface area contributed by atoms with Crippen LogP contribution in [0.15, 0.2) is 0 Å². The van der Waals surface area contributed by atoms with Gasteiger partial charge in [0.2, 0.25) is 0 Å². The molecule has 0 aromatic heterocycles. The highest BCUT2D eigenvalue weighted by atomic mass is 15.2. The van der Waals surface area contributed by atoms with Crippen LogP contribution in [0.2, 0.25) is 0 Å². The summed E-state index contributed by atoms with van der Waals surface area (Å²) >= 11 is 0. The number of likely N-dealkylation sites (tertiary alicyclic amines) is 1. The standard InChI is InChI=1S/C15H30N2/c1-12-10-17(11-13(12)2)15(9-16)8-14-6-4-3-5-7-14/h12-15H,3-11,16H2,1-2H3. The highest BCUT2D eigenvalue weighted by Gasteiger charge is 2.31. The van der Waals surface area contributed by atoms with E-state index in [2.05, 4.69) is 18.7 Å². The summed E-state index contributed by atoms with van der Waals surface area (Å²) in [4.78, 5) is 2.67. The highest BCUT2D eigenvalue weighted by Crippen LogP contribution is 2.31. The SMILES string of the molecule is CC1CN(C(CN)CC2CCCCC2)CC1C. The van der Waals surface area contributed by atoms with Crippen molar-refractivity contribution < 1.29 is 0 Å². The first-order valence-corrected chi connectivity index (χ1v) is 7.64. The van der Waals surface area contributed by atoms with Gasteiger partial charge in [-0.2, -0.15) is 0 Å². The predicted octanol–water partition coefficient (Wildman–Crippen LogP) is 2.87. The Morgan fingerprint density at radius 2 is 1.65 bits per heavy atom. The van der Waals surface area contributed by atoms with E-state index >= 15 is 0 Å². The van der Waals surface area contributed by atoms with Crippen molar-refractivity contribution >= 4 is 0 Å². The Morgan fingerprint density at radius 3 is 2.18 bits per heavy atom. The Bertz CT molecular complexity index is 213. The normalized spacial score (nSPS) is 34.1. The van der Waals surface area contributed by atoms with Crippen LogP contribution in [-0.4, -0.2) is 30.6 Å². The monoisotopic (exact) mass is 238 g/mol. The zero-order chi connectivity index (χ0) is 12.3. The van der Waals surface area contributed by atoms with E-state index in [0.717, 1.165) is 24.3 Å². The van der Waals surface area contributed by atoms with E-state index < -0.39 is 0 Å². The first kappa shape index (κ1) is 13.4. The lowest BCUT2D eigenvalue weighted by Gasteiger charge is -2.32. The molecule has 3 atom stereocenters. The minimum Gasteiger partial charge on any atom is -0.329 e. The molecular weight excluding hydrogens is 208 g/mol. The molecule has 0 spiro atoms. The van der Waals surface area contributed by atoms with E-state index in [1.807, 2.05) is 0 Å². The van der Waals surface area contributed by atoms with Gasteiger partial charge in [0.15, 0.2) is 0 Å². The molecule has 2 nitrogen and oxygen atoms in total. The molecule has 100 valence electrons. The second kappa shape index (κ2) is 6.19. The van der Waals surface area contributed by atoms with Crippen molar-refractivity contribution in [2.75, 3.05) is 19.6 Å². The fraction of sp³-hybridized carbons (Fsp3) is 1.00. The lowest BCUT2D eigenvalue weighted by atomic mass is 9.84. The van der Waals surface area contributed by atoms with Gasteiger partial charge in [-0.25, -0.2) is 0 Å². The summed E-state index contributed by atoms with van der Waals surface area (Å²) in [6.45, 7) is 8.18. The van der Waals surface area contributed by atoms with Gasteiger partial charge >= 0.3 is 0 Å². The molecule has 0 amide bonds. The Morgan fingerprint density at radius 1 is 1.06 bits per heavy atom. The minimum atomic E-state index is 0.658. The van der Waals surface area contributed by atoms with Crippen LogP contribution in [0.4, 0.5) is 0 Å². The molecule has 2 heteroatoms. The molecule has 1 saturated heterocycles. The number of nitrogens with zero attached hydrogens (tertiary/aromatic N) is 1. The van der Waals surface area contributed by atoms with Crippen molar-refractivity contribution in [1.29, 1.82) is 0 Å². The fourth-order valence-corrected chi connectivity index (χ4v) is 3.67. The van der Waals surface area contributed by atoms with Crippen LogP contribution in [0.5, 0.6) is 0 Å². The number of rotatable bonds is 4. The lowest BCUT2D eigenvalue weighted by Crippen LogP contribution is -2.41. The molecule has 0 radical (unpaired) electrons. The molecule has 17 heavy (non-hydrogen) atoms. The molecule has 2 N–H and O–H groups in total. The van der Waals surface area contributed by atoms with Crippen LogP contribution in [0.25, 0.3) is 0 Å². The van der Waals surface area contributed by atoms with Crippen molar-refractivity contribution in [3.05, 3.63) is 0 Å². The van der Waals surface area contributed by atoms with E-state index in [0.29, 0.717) is 6.04 Å². The van der Waals surface area contributed by atoms with Gasteiger partial charge in [-0.1, -0.05) is 46.0 Å². The second-order valence-corrected chi connectivity index (χ2v) is 6.54. The van der Waals surface area contributed by atoms with Gasteiger partial charge in [-0.3, -0.25) is 4.90 Å². The van der Waals surface area contributed by atoms with Gasteiger partial charge < -0.3 is 5.73 Å². The third-order valence-electron chi connectivity index (χ3n) is 5.14. The van der Waals surface area contributed by atoms with Gasteiger partial charge in [0, 0.05) is 25.7 Å². The minimum absolute atomic E-state index is 0.658. The molecule has 2 fully saturated rings. The maximum atomic E-state index is 6.02. The zero-order valence-corrected chi connectivity index (χ0v) is 11.7. The Labute approximate surface area is 107 Å². The molecular formula is C15H30N2. The average molecular weight is 238 g/mol. The van der Waals surface area contributed by atoms with E-state index in [1.54, 1.807) is 0 Å². The highest BCUT2D eigenvalue weighted by molar-refractivity contribution is 4.86. The van der Waals surface area contributed by atoms with Gasteiger partial charge in [0.05, 0.1) is 0 Å². The largest absolute Gasteiger partial charge is 0.329 e. The second-order valence-electron chi connectivity index (χ2n) is 6.54. The third-order valence-corrected chi connectivity index (χ3v) is 5.14. The third kappa shape index (κ3) is 3.45. The molecule has 2 rings (SSSR count). The first-order valence-electron chi connectivity index (χ1n) is 7.64. The molecule has 0 aromatic rings. The summed E-state index contributed by atoms with van der Waals surface area (Å²) in [5.41, 5.74) is 6.02. The van der Waals surface area contributed by atoms with Gasteiger partial charge in [0.25, 0.3) is 0 Å². The van der Waals surface area contributed by atoms with Crippen molar-refractivity contribution in [2.24, 2.45) is 23.5 Å². The Kier molecular flexibility index (Phi) is 4.87. The number of hydrogen-bond acceptors (Lipinski definition) is 2. The maximum absolute atomic E-state index is 6.02. The molecule has 2 aliphatic rings. The summed E-state index contributed by atoms with van der Waals surface area (Å²) in [5.74, 6) is 2.68. The summed E-state index contributed by atoms with van der Waals surface area (Å²) in [6, 6.07) is 0.658. The smallest absolute Gasteiger partial charge is 0.0221 e. The van der Waals surface area contributed by atoms with Crippen molar-refractivity contribution in [3.63, 3.8) is 0 Å². The quantitative estimate of drug-likeness (QED) is 0.816. The molecule has 1 aliphatic heterocycles.